The average Bonchev–Trinajstić information content (AvgIpc) is 2.96. The van der Waals surface area contributed by atoms with Gasteiger partial charge in [0.15, 0.2) is 5.65 Å². The molecule has 0 aromatic carbocycles. The molecule has 0 saturated carbocycles. The maximum absolute atomic E-state index is 10.8. The highest BCUT2D eigenvalue weighted by Crippen LogP contribution is 2.16. The predicted molar refractivity (Wildman–Crippen MR) is 61.4 cm³/mol. The molecule has 3 heterocycles. The molecular formula is C11H12N4O3. The van der Waals surface area contributed by atoms with Crippen LogP contribution >= 0.6 is 0 Å². The lowest BCUT2D eigenvalue weighted by molar-refractivity contribution is -0.139. The number of rotatable bonds is 3. The van der Waals surface area contributed by atoms with Gasteiger partial charge in [-0.05, 0) is 0 Å². The normalized spacial score (nSPS) is 23.3. The molecular weight excluding hydrogens is 236 g/mol. The predicted octanol–water partition coefficient (Wildman–Crippen LogP) is -0.0768. The van der Waals surface area contributed by atoms with E-state index in [1.807, 2.05) is 0 Å². The average molecular weight is 248 g/mol. The van der Waals surface area contributed by atoms with Gasteiger partial charge in [-0.3, -0.25) is 4.79 Å². The summed E-state index contributed by atoms with van der Waals surface area (Å²) >= 11 is 0. The van der Waals surface area contributed by atoms with E-state index in [9.17, 15) is 4.79 Å². The third-order valence-electron chi connectivity index (χ3n) is 2.91. The molecule has 0 amide bonds. The first kappa shape index (κ1) is 11.0. The lowest BCUT2D eigenvalue weighted by Crippen LogP contribution is -2.30. The minimum Gasteiger partial charge on any atom is -0.480 e. The van der Waals surface area contributed by atoms with Crippen LogP contribution in [0.25, 0.3) is 5.65 Å². The number of nitrogens with one attached hydrogen (secondary N) is 1. The molecule has 7 heteroatoms. The molecule has 0 radical (unpaired) electrons. The smallest absolute Gasteiger partial charge is 0.320 e. The summed E-state index contributed by atoms with van der Waals surface area (Å²) in [4.78, 5) is 15.1. The van der Waals surface area contributed by atoms with Gasteiger partial charge in [0.05, 0.1) is 6.20 Å². The van der Waals surface area contributed by atoms with Crippen LogP contribution in [0.2, 0.25) is 0 Å². The largest absolute Gasteiger partial charge is 0.480 e. The van der Waals surface area contributed by atoms with Gasteiger partial charge < -0.3 is 15.2 Å². The summed E-state index contributed by atoms with van der Waals surface area (Å²) < 4.78 is 7.29. The van der Waals surface area contributed by atoms with Crippen molar-refractivity contribution in [1.29, 1.82) is 0 Å². The molecule has 2 aromatic heterocycles. The maximum atomic E-state index is 10.8. The number of hydrogen-bond donors (Lipinski definition) is 2. The number of aliphatic carboxylic acids is 1. The van der Waals surface area contributed by atoms with E-state index in [-0.39, 0.29) is 6.10 Å². The molecule has 1 saturated heterocycles. The highest BCUT2D eigenvalue weighted by Gasteiger charge is 2.30. The molecule has 1 aliphatic rings. The fourth-order valence-electron chi connectivity index (χ4n) is 2.01. The van der Waals surface area contributed by atoms with Crippen LogP contribution in [-0.4, -0.2) is 44.4 Å². The molecule has 94 valence electrons. The van der Waals surface area contributed by atoms with Crippen LogP contribution in [-0.2, 0) is 4.79 Å². The Kier molecular flexibility index (Phi) is 2.60. The molecule has 1 fully saturated rings. The van der Waals surface area contributed by atoms with E-state index in [0.29, 0.717) is 24.5 Å². The van der Waals surface area contributed by atoms with E-state index in [1.54, 1.807) is 29.0 Å². The molecule has 3 rings (SSSR count). The number of carboxylic acids is 1. The summed E-state index contributed by atoms with van der Waals surface area (Å²) in [7, 11) is 0. The lowest BCUT2D eigenvalue weighted by Gasteiger charge is -2.11. The van der Waals surface area contributed by atoms with Gasteiger partial charge in [0.25, 0.3) is 0 Å². The molecule has 0 bridgehead atoms. The molecule has 2 unspecified atom stereocenters. The third-order valence-corrected chi connectivity index (χ3v) is 2.91. The van der Waals surface area contributed by atoms with Crippen LogP contribution in [0.3, 0.4) is 0 Å². The fourth-order valence-corrected chi connectivity index (χ4v) is 2.01. The van der Waals surface area contributed by atoms with Crippen molar-refractivity contribution in [2.24, 2.45) is 0 Å². The van der Waals surface area contributed by atoms with Crippen molar-refractivity contribution in [1.82, 2.24) is 19.9 Å². The summed E-state index contributed by atoms with van der Waals surface area (Å²) in [5, 5.41) is 15.8. The van der Waals surface area contributed by atoms with E-state index in [2.05, 4.69) is 15.4 Å². The Morgan fingerprint density at radius 1 is 1.56 bits per heavy atom. The first-order valence-corrected chi connectivity index (χ1v) is 5.65. The van der Waals surface area contributed by atoms with Crippen molar-refractivity contribution in [3.05, 3.63) is 24.5 Å². The van der Waals surface area contributed by atoms with Gasteiger partial charge in [-0.25, -0.2) is 4.52 Å². The Morgan fingerprint density at radius 3 is 3.22 bits per heavy atom. The monoisotopic (exact) mass is 248 g/mol. The summed E-state index contributed by atoms with van der Waals surface area (Å²) in [6.45, 7) is 0.517. The summed E-state index contributed by atoms with van der Waals surface area (Å²) in [5.41, 5.74) is 0.702. The van der Waals surface area contributed by atoms with Crippen LogP contribution in [0.4, 0.5) is 0 Å². The van der Waals surface area contributed by atoms with Crippen LogP contribution in [0.5, 0.6) is 5.88 Å². The summed E-state index contributed by atoms with van der Waals surface area (Å²) in [6.07, 6.45) is 3.70. The lowest BCUT2D eigenvalue weighted by atomic mass is 10.2. The van der Waals surface area contributed by atoms with Gasteiger partial charge in [0.1, 0.15) is 12.1 Å². The second kappa shape index (κ2) is 4.26. The highest BCUT2D eigenvalue weighted by atomic mass is 16.5. The Bertz CT molecular complexity index is 582. The first-order valence-electron chi connectivity index (χ1n) is 5.65. The number of fused-ring (bicyclic) bond motifs is 1. The summed E-state index contributed by atoms with van der Waals surface area (Å²) in [5.74, 6) is -0.360. The number of ether oxygens (including phenoxy) is 1. The van der Waals surface area contributed by atoms with E-state index in [0.717, 1.165) is 0 Å². The topological polar surface area (TPSA) is 88.8 Å². The van der Waals surface area contributed by atoms with Gasteiger partial charge in [0.2, 0.25) is 5.88 Å². The Morgan fingerprint density at radius 2 is 2.44 bits per heavy atom. The van der Waals surface area contributed by atoms with Crippen LogP contribution < -0.4 is 10.1 Å². The number of carboxylic acid groups (broad SMARTS) is 1. The number of aromatic nitrogens is 3. The number of hydrogen-bond acceptors (Lipinski definition) is 5. The molecule has 18 heavy (non-hydrogen) atoms. The summed E-state index contributed by atoms with van der Waals surface area (Å²) in [6, 6.07) is 2.96. The van der Waals surface area contributed by atoms with E-state index < -0.39 is 12.0 Å². The van der Waals surface area contributed by atoms with Gasteiger partial charge in [-0.2, -0.15) is 10.1 Å². The molecule has 7 nitrogen and oxygen atoms in total. The van der Waals surface area contributed by atoms with Crippen molar-refractivity contribution >= 4 is 11.6 Å². The van der Waals surface area contributed by atoms with Crippen LogP contribution in [0.15, 0.2) is 24.5 Å². The van der Waals surface area contributed by atoms with Crippen molar-refractivity contribution in [2.45, 2.75) is 18.6 Å². The zero-order valence-electron chi connectivity index (χ0n) is 9.48. The van der Waals surface area contributed by atoms with Crippen molar-refractivity contribution in [3.8, 4) is 5.88 Å². The highest BCUT2D eigenvalue weighted by molar-refractivity contribution is 5.73. The number of nitrogens with zero attached hydrogens (tertiary/aromatic N) is 3. The van der Waals surface area contributed by atoms with Crippen molar-refractivity contribution < 1.29 is 14.6 Å². The molecule has 0 aliphatic carbocycles. The fraction of sp³-hybridized carbons (Fsp3) is 0.364. The second-order valence-corrected chi connectivity index (χ2v) is 4.17. The molecule has 2 atom stereocenters. The standard InChI is InChI=1S/C11H12N4O3/c16-11(17)8-5-7(6-12-8)18-10-2-4-15-9(14-10)1-3-13-15/h1-4,7-8,12H,5-6H2,(H,16,17). The van der Waals surface area contributed by atoms with Gasteiger partial charge >= 0.3 is 5.97 Å². The SMILES string of the molecule is O=C(O)C1CC(Oc2ccn3nccc3n2)CN1. The third kappa shape index (κ3) is 2.00. The Labute approximate surface area is 102 Å². The van der Waals surface area contributed by atoms with Crippen LogP contribution in [0.1, 0.15) is 6.42 Å². The second-order valence-electron chi connectivity index (χ2n) is 4.17. The minimum atomic E-state index is -0.847. The Balaban J connectivity index is 1.71. The Hall–Kier alpha value is -2.15. The maximum Gasteiger partial charge on any atom is 0.320 e. The zero-order chi connectivity index (χ0) is 12.5. The van der Waals surface area contributed by atoms with Crippen molar-refractivity contribution in [2.75, 3.05) is 6.54 Å². The molecule has 1 aliphatic heterocycles. The van der Waals surface area contributed by atoms with Crippen LogP contribution in [0, 0.1) is 0 Å². The minimum absolute atomic E-state index is 0.163. The van der Waals surface area contributed by atoms with E-state index in [1.165, 1.54) is 0 Å². The van der Waals surface area contributed by atoms with Crippen molar-refractivity contribution in [3.63, 3.8) is 0 Å². The molecule has 2 aromatic rings. The molecule has 0 spiro atoms. The van der Waals surface area contributed by atoms with E-state index >= 15 is 0 Å². The van der Waals surface area contributed by atoms with E-state index in [4.69, 9.17) is 9.84 Å². The first-order chi connectivity index (χ1) is 8.72. The molecule has 2 N–H and O–H groups in total. The van der Waals surface area contributed by atoms with Gasteiger partial charge in [0, 0.05) is 31.3 Å². The van der Waals surface area contributed by atoms with Gasteiger partial charge in [-0.15, -0.1) is 0 Å². The quantitative estimate of drug-likeness (QED) is 0.790. The van der Waals surface area contributed by atoms with Gasteiger partial charge in [-0.1, -0.05) is 0 Å². The zero-order valence-corrected chi connectivity index (χ0v) is 9.48. The number of carbonyl (C=O) groups is 1.